The molecule has 0 spiro atoms. The van der Waals surface area contributed by atoms with Crippen molar-refractivity contribution in [3.8, 4) is 11.8 Å². The first-order chi connectivity index (χ1) is 14.9. The molecule has 2 aliphatic rings. The number of nitriles is 1. The van der Waals surface area contributed by atoms with Gasteiger partial charge in [-0.05, 0) is 43.9 Å². The van der Waals surface area contributed by atoms with E-state index in [0.717, 1.165) is 19.3 Å². The molecule has 3 atom stereocenters. The number of benzene rings is 1. The van der Waals surface area contributed by atoms with Crippen LogP contribution in [0.2, 0.25) is 0 Å². The molecular formula is C23H31N3O5. The number of carbonyl (C=O) groups excluding carboxylic acids is 2. The highest BCUT2D eigenvalue weighted by Gasteiger charge is 2.32. The molecule has 31 heavy (non-hydrogen) atoms. The molecule has 1 fully saturated rings. The summed E-state index contributed by atoms with van der Waals surface area (Å²) in [5.74, 6) is 0.232. The molecule has 8 nitrogen and oxygen atoms in total. The number of nitrogens with zero attached hydrogens (tertiary/aromatic N) is 3. The smallest absolute Gasteiger partial charge is 0.257 e. The maximum atomic E-state index is 13.1. The zero-order chi connectivity index (χ0) is 22.4. The third kappa shape index (κ3) is 5.75. The third-order valence-electron chi connectivity index (χ3n) is 6.04. The minimum Gasteiger partial charge on any atom is -0.490 e. The van der Waals surface area contributed by atoms with Crippen molar-refractivity contribution >= 4 is 11.8 Å². The molecule has 1 aromatic rings. The fourth-order valence-electron chi connectivity index (χ4n) is 4.06. The van der Waals surface area contributed by atoms with Crippen LogP contribution in [-0.4, -0.2) is 80.8 Å². The van der Waals surface area contributed by atoms with Crippen LogP contribution in [0.4, 0.5) is 0 Å². The summed E-state index contributed by atoms with van der Waals surface area (Å²) in [6, 6.07) is 6.92. The van der Waals surface area contributed by atoms with Crippen molar-refractivity contribution in [1.82, 2.24) is 9.80 Å². The Hall–Kier alpha value is -2.63. The predicted octanol–water partition coefficient (Wildman–Crippen LogP) is 2.21. The van der Waals surface area contributed by atoms with E-state index in [4.69, 9.17) is 14.2 Å². The van der Waals surface area contributed by atoms with Gasteiger partial charge in [-0.15, -0.1) is 0 Å². The van der Waals surface area contributed by atoms with Gasteiger partial charge in [0.25, 0.3) is 5.91 Å². The van der Waals surface area contributed by atoms with E-state index < -0.39 is 0 Å². The first-order valence-electron chi connectivity index (χ1n) is 10.8. The molecule has 2 aliphatic heterocycles. The molecule has 0 aromatic heterocycles. The van der Waals surface area contributed by atoms with Crippen molar-refractivity contribution in [1.29, 1.82) is 5.26 Å². The lowest BCUT2D eigenvalue weighted by Gasteiger charge is -2.36. The number of hydrogen-bond acceptors (Lipinski definition) is 6. The lowest BCUT2D eigenvalue weighted by Crippen LogP contribution is -2.44. The summed E-state index contributed by atoms with van der Waals surface area (Å²) >= 11 is 0. The lowest BCUT2D eigenvalue weighted by molar-refractivity contribution is -0.145. The van der Waals surface area contributed by atoms with Gasteiger partial charge in [0.1, 0.15) is 18.5 Å². The Morgan fingerprint density at radius 2 is 1.94 bits per heavy atom. The SMILES string of the molecule is CO[C@@H]1CC[C@@H]2CCN(C)C(=O)CCCN(C)C(=O)c3cc(C#N)ccc3OC[C@H]1O2. The van der Waals surface area contributed by atoms with E-state index in [1.165, 1.54) is 0 Å². The van der Waals surface area contributed by atoms with Gasteiger partial charge >= 0.3 is 0 Å². The van der Waals surface area contributed by atoms with E-state index in [1.54, 1.807) is 49.2 Å². The van der Waals surface area contributed by atoms with Crippen LogP contribution in [-0.2, 0) is 14.3 Å². The zero-order valence-electron chi connectivity index (χ0n) is 18.5. The Kier molecular flexibility index (Phi) is 7.88. The quantitative estimate of drug-likeness (QED) is 0.680. The summed E-state index contributed by atoms with van der Waals surface area (Å²) in [5.41, 5.74) is 0.720. The van der Waals surface area contributed by atoms with Crippen molar-refractivity contribution in [2.45, 2.75) is 50.4 Å². The van der Waals surface area contributed by atoms with Crippen molar-refractivity contribution in [3.05, 3.63) is 29.3 Å². The van der Waals surface area contributed by atoms with E-state index in [0.29, 0.717) is 42.8 Å². The van der Waals surface area contributed by atoms with Crippen LogP contribution in [0, 0.1) is 11.3 Å². The average Bonchev–Trinajstić information content (AvgIpc) is 2.79. The summed E-state index contributed by atoms with van der Waals surface area (Å²) in [4.78, 5) is 28.8. The van der Waals surface area contributed by atoms with E-state index >= 15 is 0 Å². The fourth-order valence-corrected chi connectivity index (χ4v) is 4.06. The summed E-state index contributed by atoms with van der Waals surface area (Å²) in [5, 5.41) is 9.27. The van der Waals surface area contributed by atoms with Gasteiger partial charge in [0.15, 0.2) is 0 Å². The molecule has 2 heterocycles. The zero-order valence-corrected chi connectivity index (χ0v) is 18.5. The van der Waals surface area contributed by atoms with Gasteiger partial charge in [0, 0.05) is 40.7 Å². The van der Waals surface area contributed by atoms with E-state index in [1.807, 2.05) is 0 Å². The van der Waals surface area contributed by atoms with Gasteiger partial charge in [0.05, 0.1) is 29.4 Å². The van der Waals surface area contributed by atoms with Gasteiger partial charge in [-0.2, -0.15) is 5.26 Å². The first kappa shape index (κ1) is 23.0. The maximum Gasteiger partial charge on any atom is 0.257 e. The van der Waals surface area contributed by atoms with Gasteiger partial charge in [-0.1, -0.05) is 0 Å². The molecule has 0 aliphatic carbocycles. The van der Waals surface area contributed by atoms with Crippen LogP contribution >= 0.6 is 0 Å². The fraction of sp³-hybridized carbons (Fsp3) is 0.609. The van der Waals surface area contributed by atoms with Gasteiger partial charge in [-0.25, -0.2) is 0 Å². The van der Waals surface area contributed by atoms with Crippen LogP contribution in [0.3, 0.4) is 0 Å². The molecule has 2 bridgehead atoms. The van der Waals surface area contributed by atoms with Crippen molar-refractivity contribution < 1.29 is 23.8 Å². The van der Waals surface area contributed by atoms with Crippen molar-refractivity contribution in [2.24, 2.45) is 0 Å². The molecule has 0 N–H and O–H groups in total. The van der Waals surface area contributed by atoms with Gasteiger partial charge in [0.2, 0.25) is 5.91 Å². The molecular weight excluding hydrogens is 398 g/mol. The minimum absolute atomic E-state index is 0.0244. The van der Waals surface area contributed by atoms with Crippen LogP contribution in [0.1, 0.15) is 48.0 Å². The Labute approximate surface area is 183 Å². The molecule has 1 aromatic carbocycles. The molecule has 168 valence electrons. The number of methoxy groups -OCH3 is 1. The molecule has 2 amide bonds. The monoisotopic (exact) mass is 429 g/mol. The van der Waals surface area contributed by atoms with Crippen LogP contribution < -0.4 is 4.74 Å². The van der Waals surface area contributed by atoms with Crippen molar-refractivity contribution in [3.63, 3.8) is 0 Å². The highest BCUT2D eigenvalue weighted by Crippen LogP contribution is 2.27. The topological polar surface area (TPSA) is 92.1 Å². The maximum absolute atomic E-state index is 13.1. The molecule has 1 saturated heterocycles. The Morgan fingerprint density at radius 3 is 2.68 bits per heavy atom. The normalized spacial score (nSPS) is 26.1. The van der Waals surface area contributed by atoms with Gasteiger partial charge < -0.3 is 24.0 Å². The molecule has 0 saturated carbocycles. The molecule has 8 heteroatoms. The summed E-state index contributed by atoms with van der Waals surface area (Å²) in [6.07, 6.45) is 3.04. The summed E-state index contributed by atoms with van der Waals surface area (Å²) in [7, 11) is 5.16. The van der Waals surface area contributed by atoms with Crippen LogP contribution in [0.15, 0.2) is 18.2 Å². The Bertz CT molecular complexity index is 837. The van der Waals surface area contributed by atoms with E-state index in [-0.39, 0.29) is 36.7 Å². The Balaban J connectivity index is 1.87. The third-order valence-corrected chi connectivity index (χ3v) is 6.04. The average molecular weight is 430 g/mol. The second-order valence-electron chi connectivity index (χ2n) is 8.22. The van der Waals surface area contributed by atoms with Crippen molar-refractivity contribution in [2.75, 3.05) is 40.9 Å². The number of fused-ring (bicyclic) bond motifs is 3. The van der Waals surface area contributed by atoms with E-state index in [2.05, 4.69) is 6.07 Å². The largest absolute Gasteiger partial charge is 0.490 e. The second kappa shape index (κ2) is 10.6. The Morgan fingerprint density at radius 1 is 1.13 bits per heavy atom. The van der Waals surface area contributed by atoms with Gasteiger partial charge in [-0.3, -0.25) is 9.59 Å². The second-order valence-corrected chi connectivity index (χ2v) is 8.22. The number of ether oxygens (including phenoxy) is 3. The van der Waals surface area contributed by atoms with Crippen LogP contribution in [0.5, 0.6) is 5.75 Å². The van der Waals surface area contributed by atoms with E-state index in [9.17, 15) is 14.9 Å². The summed E-state index contributed by atoms with van der Waals surface area (Å²) in [6.45, 7) is 1.30. The predicted molar refractivity (Wildman–Crippen MR) is 114 cm³/mol. The molecule has 3 rings (SSSR count). The number of hydrogen-bond donors (Lipinski definition) is 0. The number of rotatable bonds is 1. The lowest BCUT2D eigenvalue weighted by atomic mass is 9.99. The highest BCUT2D eigenvalue weighted by atomic mass is 16.6. The highest BCUT2D eigenvalue weighted by molar-refractivity contribution is 5.97. The van der Waals surface area contributed by atoms with Crippen LogP contribution in [0.25, 0.3) is 0 Å². The molecule has 0 radical (unpaired) electrons. The number of amides is 2. The number of carbonyl (C=O) groups is 2. The molecule has 0 unspecified atom stereocenters. The standard InChI is InChI=1S/C23H31N3O5/c1-25-12-10-17-7-9-20(29-3)21(31-17)15-30-19-8-6-16(14-24)13-18(19)23(28)26(2)11-4-5-22(25)27/h6,8,13,17,20-21H,4-5,7,9-12,15H2,1-3H3/t17-,20-,21-/m1/s1. The first-order valence-corrected chi connectivity index (χ1v) is 10.8. The minimum atomic E-state index is -0.283. The summed E-state index contributed by atoms with van der Waals surface area (Å²) < 4.78 is 17.9.